The highest BCUT2D eigenvalue weighted by Gasteiger charge is 2.00. The van der Waals surface area contributed by atoms with E-state index in [1.54, 1.807) is 0 Å². The Morgan fingerprint density at radius 2 is 1.57 bits per heavy atom. The molecular weight excluding hydrogens is 180 g/mol. The summed E-state index contributed by atoms with van der Waals surface area (Å²) in [4.78, 5) is 0. The van der Waals surface area contributed by atoms with Crippen LogP contribution in [0.15, 0.2) is 30.3 Å². The first-order chi connectivity index (χ1) is 6.76. The van der Waals surface area contributed by atoms with Crippen LogP contribution < -0.4 is 0 Å². The fourth-order valence-corrected chi connectivity index (χ4v) is 0.911. The highest BCUT2D eigenvalue weighted by atomic mass is 16.3. The number of aliphatic hydroxyl groups excluding tert-OH is 3. The van der Waals surface area contributed by atoms with Gasteiger partial charge < -0.3 is 15.3 Å². The van der Waals surface area contributed by atoms with E-state index in [-0.39, 0.29) is 19.3 Å². The Labute approximate surface area is 84.6 Å². The fraction of sp³-hybridized carbons (Fsp3) is 0.455. The first kappa shape index (κ1) is 13.1. The molecule has 1 aromatic rings. The summed E-state index contributed by atoms with van der Waals surface area (Å²) in [5.74, 6) is 0. The normalized spacial score (nSPS) is 11.4. The molecule has 3 N–H and O–H groups in total. The highest BCUT2D eigenvalue weighted by molar-refractivity contribution is 5.16. The first-order valence-corrected chi connectivity index (χ1v) is 4.71. The van der Waals surface area contributed by atoms with Gasteiger partial charge in [-0.1, -0.05) is 37.3 Å². The maximum Gasteiger partial charge on any atom is 0.0787 e. The van der Waals surface area contributed by atoms with Crippen LogP contribution in [0.25, 0.3) is 0 Å². The number of hydrogen-bond acceptors (Lipinski definition) is 3. The van der Waals surface area contributed by atoms with Crippen molar-refractivity contribution in [1.29, 1.82) is 0 Å². The zero-order valence-electron chi connectivity index (χ0n) is 8.43. The Balaban J connectivity index is 0.000000364. The van der Waals surface area contributed by atoms with Crippen LogP contribution in [0.4, 0.5) is 0 Å². The quantitative estimate of drug-likeness (QED) is 0.681. The van der Waals surface area contributed by atoms with Crippen LogP contribution in [0.2, 0.25) is 0 Å². The van der Waals surface area contributed by atoms with Gasteiger partial charge in [0.05, 0.1) is 19.3 Å². The number of hydrogen-bond donors (Lipinski definition) is 3. The molecule has 0 radical (unpaired) electrons. The van der Waals surface area contributed by atoms with Crippen molar-refractivity contribution in [3.8, 4) is 0 Å². The van der Waals surface area contributed by atoms with E-state index in [0.717, 1.165) is 12.0 Å². The number of rotatable bonds is 3. The summed E-state index contributed by atoms with van der Waals surface area (Å²) >= 11 is 0. The predicted molar refractivity (Wildman–Crippen MR) is 55.9 cm³/mol. The molecule has 0 fully saturated rings. The average Bonchev–Trinajstić information content (AvgIpc) is 2.29. The molecule has 0 aliphatic carbocycles. The van der Waals surface area contributed by atoms with Crippen LogP contribution in [0.1, 0.15) is 25.0 Å². The second kappa shape index (κ2) is 8.69. The second-order valence-electron chi connectivity index (χ2n) is 2.78. The second-order valence-corrected chi connectivity index (χ2v) is 2.78. The number of benzene rings is 1. The SMILES string of the molecule is CCC(O)c1ccccc1.OCCO. The molecule has 0 aliphatic heterocycles. The molecule has 1 aromatic carbocycles. The van der Waals surface area contributed by atoms with Crippen LogP contribution in [-0.2, 0) is 0 Å². The van der Waals surface area contributed by atoms with E-state index in [1.807, 2.05) is 37.3 Å². The molecule has 0 aliphatic rings. The summed E-state index contributed by atoms with van der Waals surface area (Å²) in [5.41, 5.74) is 1.00. The molecule has 0 heterocycles. The van der Waals surface area contributed by atoms with Crippen molar-refractivity contribution in [2.75, 3.05) is 13.2 Å². The largest absolute Gasteiger partial charge is 0.394 e. The van der Waals surface area contributed by atoms with E-state index in [4.69, 9.17) is 10.2 Å². The lowest BCUT2D eigenvalue weighted by atomic mass is 10.1. The van der Waals surface area contributed by atoms with Gasteiger partial charge in [0.2, 0.25) is 0 Å². The molecule has 80 valence electrons. The van der Waals surface area contributed by atoms with Gasteiger partial charge in [-0.15, -0.1) is 0 Å². The number of aliphatic hydroxyl groups is 3. The summed E-state index contributed by atoms with van der Waals surface area (Å²) in [7, 11) is 0. The van der Waals surface area contributed by atoms with Gasteiger partial charge in [0.25, 0.3) is 0 Å². The van der Waals surface area contributed by atoms with Gasteiger partial charge in [0, 0.05) is 0 Å². The Bertz CT molecular complexity index is 209. The lowest BCUT2D eigenvalue weighted by Gasteiger charge is -2.05. The van der Waals surface area contributed by atoms with Crippen molar-refractivity contribution in [2.45, 2.75) is 19.4 Å². The maximum absolute atomic E-state index is 9.33. The lowest BCUT2D eigenvalue weighted by molar-refractivity contribution is 0.173. The third-order valence-electron chi connectivity index (χ3n) is 1.67. The van der Waals surface area contributed by atoms with Crippen LogP contribution in [-0.4, -0.2) is 28.5 Å². The van der Waals surface area contributed by atoms with Crippen molar-refractivity contribution in [2.24, 2.45) is 0 Å². The van der Waals surface area contributed by atoms with Crippen LogP contribution >= 0.6 is 0 Å². The summed E-state index contributed by atoms with van der Waals surface area (Å²) in [6.07, 6.45) is 0.491. The molecule has 3 nitrogen and oxygen atoms in total. The monoisotopic (exact) mass is 198 g/mol. The molecule has 1 unspecified atom stereocenters. The topological polar surface area (TPSA) is 60.7 Å². The molecule has 3 heteroatoms. The lowest BCUT2D eigenvalue weighted by Crippen LogP contribution is -1.93. The Morgan fingerprint density at radius 1 is 1.07 bits per heavy atom. The van der Waals surface area contributed by atoms with Gasteiger partial charge >= 0.3 is 0 Å². The highest BCUT2D eigenvalue weighted by Crippen LogP contribution is 2.14. The maximum atomic E-state index is 9.33. The molecule has 0 bridgehead atoms. The molecule has 0 saturated heterocycles. The molecule has 14 heavy (non-hydrogen) atoms. The van der Waals surface area contributed by atoms with E-state index in [1.165, 1.54) is 0 Å². The van der Waals surface area contributed by atoms with Gasteiger partial charge in [-0.3, -0.25) is 0 Å². The van der Waals surface area contributed by atoms with Crippen molar-refractivity contribution >= 4 is 0 Å². The van der Waals surface area contributed by atoms with E-state index >= 15 is 0 Å². The van der Waals surface area contributed by atoms with Crippen molar-refractivity contribution in [1.82, 2.24) is 0 Å². The third-order valence-corrected chi connectivity index (χ3v) is 1.67. The molecule has 0 amide bonds. The Hall–Kier alpha value is -0.900. The molecule has 0 aromatic heterocycles. The van der Waals surface area contributed by atoms with Gasteiger partial charge in [0.15, 0.2) is 0 Å². The average molecular weight is 198 g/mol. The standard InChI is InChI=1S/C9H12O.C2H6O2/c1-2-9(10)8-6-4-3-5-7-8;3-1-2-4/h3-7,9-10H,2H2,1H3;3-4H,1-2H2. The zero-order valence-corrected chi connectivity index (χ0v) is 8.43. The van der Waals surface area contributed by atoms with E-state index in [2.05, 4.69) is 0 Å². The molecular formula is C11H18O3. The van der Waals surface area contributed by atoms with Crippen LogP contribution in [0, 0.1) is 0 Å². The smallest absolute Gasteiger partial charge is 0.0787 e. The minimum atomic E-state index is -0.291. The molecule has 0 saturated carbocycles. The Kier molecular flexibility index (Phi) is 8.13. The molecule has 0 spiro atoms. The molecule has 1 atom stereocenters. The first-order valence-electron chi connectivity index (χ1n) is 4.71. The van der Waals surface area contributed by atoms with Crippen LogP contribution in [0.5, 0.6) is 0 Å². The van der Waals surface area contributed by atoms with E-state index in [0.29, 0.717) is 0 Å². The predicted octanol–water partition coefficient (Wildman–Crippen LogP) is 1.10. The Morgan fingerprint density at radius 3 is 1.93 bits per heavy atom. The summed E-state index contributed by atoms with van der Waals surface area (Å²) in [6.45, 7) is 1.72. The van der Waals surface area contributed by atoms with Gasteiger partial charge in [-0.2, -0.15) is 0 Å². The van der Waals surface area contributed by atoms with Crippen molar-refractivity contribution in [3.63, 3.8) is 0 Å². The van der Waals surface area contributed by atoms with Crippen molar-refractivity contribution in [3.05, 3.63) is 35.9 Å². The summed E-state index contributed by atoms with van der Waals surface area (Å²) in [5, 5.41) is 24.6. The molecule has 1 rings (SSSR count). The van der Waals surface area contributed by atoms with Crippen LogP contribution in [0.3, 0.4) is 0 Å². The fourth-order valence-electron chi connectivity index (χ4n) is 0.911. The minimum Gasteiger partial charge on any atom is -0.394 e. The summed E-state index contributed by atoms with van der Waals surface area (Å²) in [6, 6.07) is 9.70. The zero-order chi connectivity index (χ0) is 10.8. The van der Waals surface area contributed by atoms with E-state index < -0.39 is 0 Å². The van der Waals surface area contributed by atoms with Crippen molar-refractivity contribution < 1.29 is 15.3 Å². The summed E-state index contributed by atoms with van der Waals surface area (Å²) < 4.78 is 0. The minimum absolute atomic E-state index is 0.125. The van der Waals surface area contributed by atoms with Gasteiger partial charge in [-0.25, -0.2) is 0 Å². The van der Waals surface area contributed by atoms with E-state index in [9.17, 15) is 5.11 Å². The van der Waals surface area contributed by atoms with Gasteiger partial charge in [-0.05, 0) is 12.0 Å². The van der Waals surface area contributed by atoms with Gasteiger partial charge in [0.1, 0.15) is 0 Å². The third kappa shape index (κ3) is 5.70.